The van der Waals surface area contributed by atoms with Crippen molar-refractivity contribution in [2.24, 2.45) is 7.05 Å². The normalized spacial score (nSPS) is 11.8. The maximum absolute atomic E-state index is 12.3. The number of aryl methyl sites for hydroxylation is 2. The Labute approximate surface area is 140 Å². The first-order chi connectivity index (χ1) is 11.4. The molecule has 0 saturated heterocycles. The minimum Gasteiger partial charge on any atom is -0.339 e. The molecule has 0 amide bonds. The molecule has 0 radical (unpaired) electrons. The maximum atomic E-state index is 12.3. The number of hydrogen-bond donors (Lipinski definition) is 0. The Morgan fingerprint density at radius 1 is 1.17 bits per heavy atom. The molecule has 1 aromatic carbocycles. The van der Waals surface area contributed by atoms with Gasteiger partial charge in [0.15, 0.2) is 15.7 Å². The average Bonchev–Trinajstić information content (AvgIpc) is 3.10. The van der Waals surface area contributed by atoms with Crippen LogP contribution in [0, 0.1) is 6.92 Å². The van der Waals surface area contributed by atoms with Crippen LogP contribution < -0.4 is 0 Å². The molecule has 0 atom stereocenters. The van der Waals surface area contributed by atoms with Crippen LogP contribution in [0.4, 0.5) is 0 Å². The molecule has 3 rings (SSSR count). The molecule has 126 valence electrons. The van der Waals surface area contributed by atoms with Crippen molar-refractivity contribution in [3.63, 3.8) is 0 Å². The predicted molar refractivity (Wildman–Crippen MR) is 87.8 cm³/mol. The Hall–Kier alpha value is -2.48. The van der Waals surface area contributed by atoms with Crippen LogP contribution >= 0.6 is 0 Å². The first-order valence-electron chi connectivity index (χ1n) is 7.46. The van der Waals surface area contributed by atoms with E-state index in [-0.39, 0.29) is 17.3 Å². The standard InChI is InChI=1S/C16H18N4O3S/c1-12-5-3-4-6-13(12)9-16-18-15(19-23-16)11-24(21,22)10-14-7-8-17-20(14)2/h3-8H,9-11H2,1-2H3. The molecule has 0 bridgehead atoms. The lowest BCUT2D eigenvalue weighted by molar-refractivity contribution is 0.380. The van der Waals surface area contributed by atoms with E-state index in [0.717, 1.165) is 11.1 Å². The largest absolute Gasteiger partial charge is 0.339 e. The Morgan fingerprint density at radius 3 is 2.67 bits per heavy atom. The molecule has 0 aliphatic rings. The van der Waals surface area contributed by atoms with E-state index in [9.17, 15) is 8.42 Å². The van der Waals surface area contributed by atoms with Gasteiger partial charge in [-0.15, -0.1) is 0 Å². The molecular formula is C16H18N4O3S. The molecule has 2 aromatic heterocycles. The summed E-state index contributed by atoms with van der Waals surface area (Å²) < 4.78 is 31.3. The third kappa shape index (κ3) is 3.88. The molecule has 0 unspecified atom stereocenters. The second-order valence-electron chi connectivity index (χ2n) is 5.69. The molecule has 3 aromatic rings. The van der Waals surface area contributed by atoms with Gasteiger partial charge in [0.1, 0.15) is 5.75 Å². The lowest BCUT2D eigenvalue weighted by Crippen LogP contribution is -2.11. The van der Waals surface area contributed by atoms with Crippen molar-refractivity contribution >= 4 is 9.84 Å². The van der Waals surface area contributed by atoms with Crippen LogP contribution in [0.3, 0.4) is 0 Å². The van der Waals surface area contributed by atoms with E-state index in [1.807, 2.05) is 31.2 Å². The first-order valence-corrected chi connectivity index (χ1v) is 9.28. The Kier molecular flexibility index (Phi) is 4.48. The van der Waals surface area contributed by atoms with Crippen molar-refractivity contribution in [1.82, 2.24) is 19.9 Å². The van der Waals surface area contributed by atoms with Crippen LogP contribution in [0.2, 0.25) is 0 Å². The summed E-state index contributed by atoms with van der Waals surface area (Å²) in [6.45, 7) is 2.00. The lowest BCUT2D eigenvalue weighted by Gasteiger charge is -2.02. The van der Waals surface area contributed by atoms with Gasteiger partial charge in [0.05, 0.1) is 17.9 Å². The Bertz CT molecular complexity index is 944. The van der Waals surface area contributed by atoms with E-state index in [1.54, 1.807) is 19.3 Å². The number of nitrogens with zero attached hydrogens (tertiary/aromatic N) is 4. The summed E-state index contributed by atoms with van der Waals surface area (Å²) in [5.41, 5.74) is 2.82. The van der Waals surface area contributed by atoms with E-state index in [2.05, 4.69) is 15.2 Å². The van der Waals surface area contributed by atoms with Gasteiger partial charge < -0.3 is 4.52 Å². The molecule has 0 aliphatic heterocycles. The van der Waals surface area contributed by atoms with E-state index in [0.29, 0.717) is 18.0 Å². The van der Waals surface area contributed by atoms with Crippen LogP contribution in [0.15, 0.2) is 41.1 Å². The van der Waals surface area contributed by atoms with E-state index < -0.39 is 9.84 Å². The van der Waals surface area contributed by atoms with Crippen LogP contribution in [-0.4, -0.2) is 28.3 Å². The zero-order valence-electron chi connectivity index (χ0n) is 13.5. The second kappa shape index (κ2) is 6.56. The third-order valence-corrected chi connectivity index (χ3v) is 5.19. The summed E-state index contributed by atoms with van der Waals surface area (Å²) in [6.07, 6.45) is 2.06. The molecule has 0 N–H and O–H groups in total. The highest BCUT2D eigenvalue weighted by molar-refractivity contribution is 7.89. The van der Waals surface area contributed by atoms with E-state index in [1.165, 1.54) is 4.68 Å². The molecular weight excluding hydrogens is 328 g/mol. The van der Waals surface area contributed by atoms with Gasteiger partial charge in [0.25, 0.3) is 0 Å². The van der Waals surface area contributed by atoms with Crippen molar-refractivity contribution in [1.29, 1.82) is 0 Å². The van der Waals surface area contributed by atoms with Gasteiger partial charge in [-0.2, -0.15) is 10.1 Å². The monoisotopic (exact) mass is 346 g/mol. The summed E-state index contributed by atoms with van der Waals surface area (Å²) in [7, 11) is -1.69. The second-order valence-corrected chi connectivity index (χ2v) is 7.75. The first kappa shape index (κ1) is 16.4. The Morgan fingerprint density at radius 2 is 1.96 bits per heavy atom. The van der Waals surface area contributed by atoms with Crippen LogP contribution in [0.25, 0.3) is 0 Å². The average molecular weight is 346 g/mol. The van der Waals surface area contributed by atoms with Gasteiger partial charge >= 0.3 is 0 Å². The molecule has 0 fully saturated rings. The maximum Gasteiger partial charge on any atom is 0.231 e. The van der Waals surface area contributed by atoms with Crippen LogP contribution in [-0.2, 0) is 34.8 Å². The minimum atomic E-state index is -3.39. The lowest BCUT2D eigenvalue weighted by atomic mass is 10.1. The van der Waals surface area contributed by atoms with E-state index in [4.69, 9.17) is 4.52 Å². The molecule has 2 heterocycles. The van der Waals surface area contributed by atoms with Gasteiger partial charge in [-0.3, -0.25) is 4.68 Å². The van der Waals surface area contributed by atoms with Crippen molar-refractivity contribution in [3.05, 3.63) is 65.1 Å². The number of sulfone groups is 1. The summed E-state index contributed by atoms with van der Waals surface area (Å²) in [6, 6.07) is 9.57. The van der Waals surface area contributed by atoms with Gasteiger partial charge in [0, 0.05) is 13.2 Å². The van der Waals surface area contributed by atoms with Crippen molar-refractivity contribution < 1.29 is 12.9 Å². The molecule has 0 spiro atoms. The van der Waals surface area contributed by atoms with Gasteiger partial charge in [-0.25, -0.2) is 8.42 Å². The zero-order chi connectivity index (χ0) is 17.2. The molecule has 24 heavy (non-hydrogen) atoms. The summed E-state index contributed by atoms with van der Waals surface area (Å²) in [4.78, 5) is 4.20. The van der Waals surface area contributed by atoms with Gasteiger partial charge in [0.2, 0.25) is 5.89 Å². The topological polar surface area (TPSA) is 90.9 Å². The quantitative estimate of drug-likeness (QED) is 0.676. The smallest absolute Gasteiger partial charge is 0.231 e. The van der Waals surface area contributed by atoms with E-state index >= 15 is 0 Å². The van der Waals surface area contributed by atoms with Crippen LogP contribution in [0.5, 0.6) is 0 Å². The molecule has 7 nitrogen and oxygen atoms in total. The number of aromatic nitrogens is 4. The summed E-state index contributed by atoms with van der Waals surface area (Å²) >= 11 is 0. The Balaban J connectivity index is 1.69. The predicted octanol–water partition coefficient (Wildman–Crippen LogP) is 1.82. The van der Waals surface area contributed by atoms with Gasteiger partial charge in [-0.05, 0) is 24.1 Å². The van der Waals surface area contributed by atoms with Crippen molar-refractivity contribution in [2.45, 2.75) is 24.9 Å². The summed E-state index contributed by atoms with van der Waals surface area (Å²) in [5.74, 6) is 0.233. The SMILES string of the molecule is Cc1ccccc1Cc1nc(CS(=O)(=O)Cc2ccnn2C)no1. The zero-order valence-corrected chi connectivity index (χ0v) is 14.3. The molecule has 0 aliphatic carbocycles. The number of rotatable bonds is 6. The summed E-state index contributed by atoms with van der Waals surface area (Å²) in [5, 5.41) is 7.76. The highest BCUT2D eigenvalue weighted by Crippen LogP contribution is 2.14. The highest BCUT2D eigenvalue weighted by Gasteiger charge is 2.19. The fraction of sp³-hybridized carbons (Fsp3) is 0.312. The van der Waals surface area contributed by atoms with Crippen molar-refractivity contribution in [2.75, 3.05) is 0 Å². The number of hydrogen-bond acceptors (Lipinski definition) is 6. The minimum absolute atomic E-state index is 0.106. The fourth-order valence-corrected chi connectivity index (χ4v) is 3.75. The van der Waals surface area contributed by atoms with Crippen molar-refractivity contribution in [3.8, 4) is 0 Å². The third-order valence-electron chi connectivity index (χ3n) is 3.75. The molecule has 0 saturated carbocycles. The van der Waals surface area contributed by atoms with Gasteiger partial charge in [-0.1, -0.05) is 29.4 Å². The fourth-order valence-electron chi connectivity index (χ4n) is 2.41. The number of benzene rings is 1. The molecule has 8 heteroatoms. The van der Waals surface area contributed by atoms with Crippen LogP contribution in [0.1, 0.15) is 28.5 Å². The highest BCUT2D eigenvalue weighted by atomic mass is 32.2.